The van der Waals surface area contributed by atoms with Crippen LogP contribution in [0, 0.1) is 0 Å². The number of rotatable bonds is 11. The number of carboxylic acid groups (broad SMARTS) is 2. The van der Waals surface area contributed by atoms with Crippen LogP contribution >= 0.6 is 0 Å². The molecular formula is C29H43N3O10. The summed E-state index contributed by atoms with van der Waals surface area (Å²) in [4.78, 5) is 35.3. The second-order valence-electron chi connectivity index (χ2n) is 11.6. The Hall–Kier alpha value is -3.26. The maximum absolute atomic E-state index is 13.6. The molecule has 4 rings (SSSR count). The predicted octanol–water partition coefficient (Wildman–Crippen LogP) is 2.78. The monoisotopic (exact) mass is 593 g/mol. The van der Waals surface area contributed by atoms with Crippen molar-refractivity contribution in [3.63, 3.8) is 0 Å². The lowest BCUT2D eigenvalue weighted by Gasteiger charge is -2.41. The van der Waals surface area contributed by atoms with Gasteiger partial charge in [0.1, 0.15) is 5.76 Å². The maximum Gasteiger partial charge on any atom is 0.335 e. The minimum absolute atomic E-state index is 0.00239. The van der Waals surface area contributed by atoms with Gasteiger partial charge in [0.2, 0.25) is 5.76 Å². The Morgan fingerprint density at radius 2 is 1.45 bits per heavy atom. The number of amides is 1. The summed E-state index contributed by atoms with van der Waals surface area (Å²) < 4.78 is 11.4. The zero-order valence-corrected chi connectivity index (χ0v) is 24.2. The summed E-state index contributed by atoms with van der Waals surface area (Å²) in [6.07, 6.45) is 7.14. The fraction of sp³-hybridized carbons (Fsp3) is 0.655. The molecule has 0 bridgehead atoms. The van der Waals surface area contributed by atoms with Crippen molar-refractivity contribution >= 4 is 17.8 Å². The second kappa shape index (κ2) is 15.3. The molecule has 1 amide bonds. The van der Waals surface area contributed by atoms with Crippen molar-refractivity contribution in [3.8, 4) is 11.5 Å². The predicted molar refractivity (Wildman–Crippen MR) is 149 cm³/mol. The van der Waals surface area contributed by atoms with Gasteiger partial charge in [0, 0.05) is 24.7 Å². The molecule has 0 spiro atoms. The van der Waals surface area contributed by atoms with E-state index in [9.17, 15) is 19.5 Å². The number of carbonyl (C=O) groups is 3. The van der Waals surface area contributed by atoms with Gasteiger partial charge in [-0.1, -0.05) is 43.7 Å². The molecule has 13 nitrogen and oxygen atoms in total. The summed E-state index contributed by atoms with van der Waals surface area (Å²) in [5.41, 5.74) is -0.410. The van der Waals surface area contributed by atoms with E-state index in [2.05, 4.69) is 15.4 Å². The van der Waals surface area contributed by atoms with Crippen LogP contribution in [0.1, 0.15) is 94.3 Å². The van der Waals surface area contributed by atoms with Crippen LogP contribution in [0.3, 0.4) is 0 Å². The van der Waals surface area contributed by atoms with E-state index in [-0.39, 0.29) is 5.91 Å². The van der Waals surface area contributed by atoms with E-state index in [4.69, 9.17) is 29.4 Å². The van der Waals surface area contributed by atoms with Gasteiger partial charge in [-0.05, 0) is 51.7 Å². The smallest absolute Gasteiger partial charge is 0.335 e. The molecule has 0 aromatic carbocycles. The molecule has 234 valence electrons. The van der Waals surface area contributed by atoms with Gasteiger partial charge >= 0.3 is 11.9 Å². The molecule has 2 atom stereocenters. The van der Waals surface area contributed by atoms with Gasteiger partial charge in [0.05, 0.1) is 12.1 Å². The van der Waals surface area contributed by atoms with Gasteiger partial charge in [-0.3, -0.25) is 4.79 Å². The Kier molecular flexibility index (Phi) is 12.1. The van der Waals surface area contributed by atoms with Crippen LogP contribution in [-0.4, -0.2) is 89.9 Å². The third kappa shape index (κ3) is 9.65. The summed E-state index contributed by atoms with van der Waals surface area (Å²) in [6, 6.07) is 6.05. The highest BCUT2D eigenvalue weighted by atomic mass is 16.5. The summed E-state index contributed by atoms with van der Waals surface area (Å²) in [5.74, 6) is -1.78. The molecule has 2 aliphatic rings. The van der Waals surface area contributed by atoms with E-state index in [0.717, 1.165) is 31.4 Å². The quantitative estimate of drug-likeness (QED) is 0.222. The maximum atomic E-state index is 13.6. The molecule has 0 unspecified atom stereocenters. The van der Waals surface area contributed by atoms with Gasteiger partial charge in [0.25, 0.3) is 5.91 Å². The average molecular weight is 594 g/mol. The summed E-state index contributed by atoms with van der Waals surface area (Å²) in [7, 11) is 0. The molecule has 2 fully saturated rings. The normalized spacial score (nSPS) is 18.0. The van der Waals surface area contributed by atoms with Crippen molar-refractivity contribution in [2.75, 3.05) is 6.54 Å². The lowest BCUT2D eigenvalue weighted by molar-refractivity contribution is -0.165. The number of hydrogen-bond acceptors (Lipinski definition) is 10. The number of aliphatic hydroxyl groups is 3. The molecule has 13 heteroatoms. The fourth-order valence-corrected chi connectivity index (χ4v) is 5.34. The SMILES string of the molecule is CC(C)(O)CNCc1ccc(-c2cc(C(=O)N(C3CCCCC3)C3CCCCC3)no2)o1.O=C(O)[C@H](O)[C@@H](O)C(=O)O. The lowest BCUT2D eigenvalue weighted by atomic mass is 9.88. The van der Waals surface area contributed by atoms with Crippen molar-refractivity contribution in [1.82, 2.24) is 15.4 Å². The van der Waals surface area contributed by atoms with Crippen LogP contribution in [0.15, 0.2) is 27.1 Å². The average Bonchev–Trinajstić information content (AvgIpc) is 3.63. The molecule has 0 radical (unpaired) electrons. The summed E-state index contributed by atoms with van der Waals surface area (Å²) in [6.45, 7) is 4.47. The second-order valence-corrected chi connectivity index (χ2v) is 11.6. The van der Waals surface area contributed by atoms with Crippen LogP contribution in [0.2, 0.25) is 0 Å². The molecule has 0 saturated heterocycles. The first-order valence-corrected chi connectivity index (χ1v) is 14.5. The number of hydrogen-bond donors (Lipinski definition) is 6. The number of nitrogens with one attached hydrogen (secondary N) is 1. The largest absolute Gasteiger partial charge is 0.479 e. The standard InChI is InChI=1S/C25H37N3O4.C4H6O6/c1-25(2,30)17-26-16-20-13-14-22(31-20)23-15-21(27-32-23)24(29)28(18-9-5-3-6-10-18)19-11-7-4-8-12-19;5-1(3(7)8)2(6)4(9)10/h13-15,18-19,26,30H,3-12,16-17H2,1-2H3;1-2,5-6H,(H,7,8)(H,9,10)/t;1-,2-/m.1/s1. The number of furan rings is 1. The fourth-order valence-electron chi connectivity index (χ4n) is 5.34. The van der Waals surface area contributed by atoms with E-state index < -0.39 is 29.7 Å². The van der Waals surface area contributed by atoms with Crippen LogP contribution in [0.4, 0.5) is 0 Å². The Labute approximate surface area is 244 Å². The molecule has 42 heavy (non-hydrogen) atoms. The van der Waals surface area contributed by atoms with Gasteiger partial charge in [-0.2, -0.15) is 0 Å². The highest BCUT2D eigenvalue weighted by molar-refractivity contribution is 5.93. The zero-order chi connectivity index (χ0) is 30.9. The van der Waals surface area contributed by atoms with Crippen LogP contribution < -0.4 is 5.32 Å². The molecule has 2 heterocycles. The summed E-state index contributed by atoms with van der Waals surface area (Å²) in [5, 5.41) is 49.6. The third-order valence-corrected chi connectivity index (χ3v) is 7.47. The van der Waals surface area contributed by atoms with Crippen molar-refractivity contribution in [1.29, 1.82) is 0 Å². The highest BCUT2D eigenvalue weighted by Gasteiger charge is 2.34. The van der Waals surface area contributed by atoms with Gasteiger partial charge in [-0.25, -0.2) is 9.59 Å². The van der Waals surface area contributed by atoms with Crippen LogP contribution in [-0.2, 0) is 16.1 Å². The van der Waals surface area contributed by atoms with Crippen LogP contribution in [0.25, 0.3) is 11.5 Å². The molecule has 6 N–H and O–H groups in total. The van der Waals surface area contributed by atoms with E-state index in [1.807, 2.05) is 12.1 Å². The van der Waals surface area contributed by atoms with Crippen LogP contribution in [0.5, 0.6) is 0 Å². The molecule has 2 aliphatic carbocycles. The Morgan fingerprint density at radius 3 is 1.93 bits per heavy atom. The van der Waals surface area contributed by atoms with E-state index >= 15 is 0 Å². The first-order chi connectivity index (χ1) is 19.9. The summed E-state index contributed by atoms with van der Waals surface area (Å²) >= 11 is 0. The van der Waals surface area contributed by atoms with Gasteiger partial charge < -0.3 is 44.7 Å². The molecule has 2 aromatic rings. The minimum atomic E-state index is -2.27. The molecular weight excluding hydrogens is 550 g/mol. The number of aliphatic hydroxyl groups excluding tert-OH is 2. The molecule has 0 aliphatic heterocycles. The zero-order valence-electron chi connectivity index (χ0n) is 24.2. The van der Waals surface area contributed by atoms with E-state index in [1.165, 1.54) is 38.5 Å². The van der Waals surface area contributed by atoms with Crippen molar-refractivity contribution in [3.05, 3.63) is 29.7 Å². The third-order valence-electron chi connectivity index (χ3n) is 7.47. The number of aromatic nitrogens is 1. The Bertz CT molecular complexity index is 1120. The van der Waals surface area contributed by atoms with E-state index in [1.54, 1.807) is 19.9 Å². The Morgan fingerprint density at radius 1 is 0.929 bits per heavy atom. The number of aliphatic carboxylic acids is 2. The number of nitrogens with zero attached hydrogens (tertiary/aromatic N) is 2. The Balaban J connectivity index is 0.000000416. The van der Waals surface area contributed by atoms with Crippen molar-refractivity contribution < 1.29 is 48.9 Å². The first-order valence-electron chi connectivity index (χ1n) is 14.5. The van der Waals surface area contributed by atoms with E-state index in [0.29, 0.717) is 42.4 Å². The topological polar surface area (TPSA) is 207 Å². The number of carboxylic acids is 2. The molecule has 2 aromatic heterocycles. The lowest BCUT2D eigenvalue weighted by Crippen LogP contribution is -2.48. The van der Waals surface area contributed by atoms with Crippen molar-refractivity contribution in [2.45, 2.75) is 114 Å². The molecule has 2 saturated carbocycles. The first kappa shape index (κ1) is 33.2. The van der Waals surface area contributed by atoms with Gasteiger partial charge in [0.15, 0.2) is 23.7 Å². The minimum Gasteiger partial charge on any atom is -0.479 e. The highest BCUT2D eigenvalue weighted by Crippen LogP contribution is 2.32. The van der Waals surface area contributed by atoms with Crippen molar-refractivity contribution in [2.24, 2.45) is 0 Å². The van der Waals surface area contributed by atoms with Gasteiger partial charge in [-0.15, -0.1) is 0 Å². The number of carbonyl (C=O) groups excluding carboxylic acids is 1.